The monoisotopic (exact) mass is 298 g/mol. The Hall–Kier alpha value is -2.07. The third-order valence-electron chi connectivity index (χ3n) is 4.73. The van der Waals surface area contributed by atoms with Crippen LogP contribution in [0.2, 0.25) is 0 Å². The molecular formula is C18H22N2O2. The second-order valence-electron chi connectivity index (χ2n) is 6.00. The molecule has 0 radical (unpaired) electrons. The average Bonchev–Trinajstić information content (AvgIpc) is 2.94. The van der Waals surface area contributed by atoms with Gasteiger partial charge in [-0.05, 0) is 31.0 Å². The predicted molar refractivity (Wildman–Crippen MR) is 87.5 cm³/mol. The first-order valence-electron chi connectivity index (χ1n) is 7.66. The number of nitrogens with zero attached hydrogens (tertiary/aromatic N) is 1. The van der Waals surface area contributed by atoms with Crippen molar-refractivity contribution in [3.05, 3.63) is 47.7 Å². The third-order valence-corrected chi connectivity index (χ3v) is 4.73. The number of carbonyl (C=O) groups is 1. The van der Waals surface area contributed by atoms with Crippen LogP contribution in [0.4, 0.5) is 0 Å². The second-order valence-corrected chi connectivity index (χ2v) is 6.00. The summed E-state index contributed by atoms with van der Waals surface area (Å²) in [5.41, 5.74) is 3.61. The number of methoxy groups -OCH3 is 1. The van der Waals surface area contributed by atoms with Crippen LogP contribution in [0, 0.1) is 5.92 Å². The van der Waals surface area contributed by atoms with E-state index in [0.29, 0.717) is 0 Å². The lowest BCUT2D eigenvalue weighted by molar-refractivity contribution is -0.135. The lowest BCUT2D eigenvalue weighted by Crippen LogP contribution is -2.36. The maximum atomic E-state index is 11.6. The molecule has 2 aromatic rings. The van der Waals surface area contributed by atoms with Crippen molar-refractivity contribution in [1.82, 2.24) is 9.88 Å². The van der Waals surface area contributed by atoms with Crippen LogP contribution in [-0.4, -0.2) is 36.6 Å². The fourth-order valence-electron chi connectivity index (χ4n) is 3.52. The molecule has 3 rings (SSSR count). The van der Waals surface area contributed by atoms with Crippen molar-refractivity contribution in [3.63, 3.8) is 0 Å². The minimum absolute atomic E-state index is 0.260. The van der Waals surface area contributed by atoms with Crippen LogP contribution in [0.25, 0.3) is 10.9 Å². The van der Waals surface area contributed by atoms with Gasteiger partial charge in [0.15, 0.2) is 0 Å². The van der Waals surface area contributed by atoms with Gasteiger partial charge in [-0.25, -0.2) is 4.79 Å². The molecule has 1 N–H and O–H groups in total. The number of hydrogen-bond donors (Lipinski definition) is 1. The smallest absolute Gasteiger partial charge is 0.330 e. The van der Waals surface area contributed by atoms with Gasteiger partial charge in [0, 0.05) is 35.8 Å². The molecule has 22 heavy (non-hydrogen) atoms. The highest BCUT2D eigenvalue weighted by atomic mass is 16.5. The number of H-pyrrole nitrogens is 1. The number of fused-ring (bicyclic) bond motifs is 1. The van der Waals surface area contributed by atoms with Crippen LogP contribution < -0.4 is 0 Å². The molecular weight excluding hydrogens is 276 g/mol. The highest BCUT2D eigenvalue weighted by Crippen LogP contribution is 2.40. The van der Waals surface area contributed by atoms with E-state index in [0.717, 1.165) is 18.5 Å². The number of benzene rings is 1. The van der Waals surface area contributed by atoms with Gasteiger partial charge in [-0.1, -0.05) is 30.7 Å². The van der Waals surface area contributed by atoms with Gasteiger partial charge in [0.1, 0.15) is 0 Å². The van der Waals surface area contributed by atoms with Crippen LogP contribution in [0.15, 0.2) is 42.1 Å². The van der Waals surface area contributed by atoms with E-state index in [2.05, 4.69) is 48.3 Å². The Morgan fingerprint density at radius 2 is 2.18 bits per heavy atom. The van der Waals surface area contributed by atoms with Crippen LogP contribution in [0.3, 0.4) is 0 Å². The summed E-state index contributed by atoms with van der Waals surface area (Å²) in [5, 5.41) is 1.26. The minimum atomic E-state index is -0.260. The van der Waals surface area contributed by atoms with Crippen molar-refractivity contribution >= 4 is 16.9 Å². The Labute approximate surface area is 130 Å². The number of carbonyl (C=O) groups excluding carboxylic acids is 1. The summed E-state index contributed by atoms with van der Waals surface area (Å²) in [6.45, 7) is 3.13. The Morgan fingerprint density at radius 1 is 1.41 bits per heavy atom. The van der Waals surface area contributed by atoms with E-state index in [4.69, 9.17) is 4.74 Å². The van der Waals surface area contributed by atoms with Crippen molar-refractivity contribution in [2.45, 2.75) is 19.4 Å². The highest BCUT2D eigenvalue weighted by Gasteiger charge is 2.32. The number of nitrogens with one attached hydrogen (secondary N) is 1. The maximum absolute atomic E-state index is 11.6. The molecule has 0 saturated carbocycles. The summed E-state index contributed by atoms with van der Waals surface area (Å²) in [5.74, 6) is 0.0149. The molecule has 1 aliphatic rings. The predicted octanol–water partition coefficient (Wildman–Crippen LogP) is 3.28. The van der Waals surface area contributed by atoms with Gasteiger partial charge in [-0.2, -0.15) is 0 Å². The number of hydrogen-bond acceptors (Lipinski definition) is 3. The van der Waals surface area contributed by atoms with E-state index in [1.807, 2.05) is 6.07 Å². The van der Waals surface area contributed by atoms with Gasteiger partial charge in [0.2, 0.25) is 0 Å². The largest absolute Gasteiger partial charge is 0.466 e. The molecule has 4 heteroatoms. The first-order valence-corrected chi connectivity index (χ1v) is 7.66. The SMILES string of the molecule is COC(=O)/C=C1\CCN(C)[C@H](c2c[nH]c3ccccc23)[C@H]1C. The quantitative estimate of drug-likeness (QED) is 0.683. The first-order chi connectivity index (χ1) is 10.6. The zero-order valence-corrected chi connectivity index (χ0v) is 13.3. The van der Waals surface area contributed by atoms with Gasteiger partial charge in [-0.3, -0.25) is 4.90 Å². The molecule has 1 aromatic heterocycles. The average molecular weight is 298 g/mol. The zero-order chi connectivity index (χ0) is 15.7. The fraction of sp³-hybridized carbons (Fsp3) is 0.389. The molecule has 116 valence electrons. The zero-order valence-electron chi connectivity index (χ0n) is 13.3. The number of piperidine rings is 1. The van der Waals surface area contributed by atoms with E-state index in [1.54, 1.807) is 6.08 Å². The van der Waals surface area contributed by atoms with Gasteiger partial charge in [0.05, 0.1) is 7.11 Å². The fourth-order valence-corrected chi connectivity index (χ4v) is 3.52. The number of esters is 1. The molecule has 4 nitrogen and oxygen atoms in total. The van der Waals surface area contributed by atoms with Crippen LogP contribution in [-0.2, 0) is 9.53 Å². The molecule has 0 aliphatic carbocycles. The van der Waals surface area contributed by atoms with Crippen molar-refractivity contribution in [1.29, 1.82) is 0 Å². The highest BCUT2D eigenvalue weighted by molar-refractivity contribution is 5.84. The number of para-hydroxylation sites is 1. The van der Waals surface area contributed by atoms with Crippen molar-refractivity contribution < 1.29 is 9.53 Å². The summed E-state index contributed by atoms with van der Waals surface area (Å²) in [7, 11) is 3.58. The van der Waals surface area contributed by atoms with E-state index < -0.39 is 0 Å². The molecule has 2 atom stereocenters. The van der Waals surface area contributed by atoms with Gasteiger partial charge in [0.25, 0.3) is 0 Å². The lowest BCUT2D eigenvalue weighted by atomic mass is 9.82. The Morgan fingerprint density at radius 3 is 2.95 bits per heavy atom. The number of rotatable bonds is 2. The molecule has 0 bridgehead atoms. The van der Waals surface area contributed by atoms with Gasteiger partial charge in [-0.15, -0.1) is 0 Å². The molecule has 1 fully saturated rings. The molecule has 0 spiro atoms. The topological polar surface area (TPSA) is 45.3 Å². The van der Waals surface area contributed by atoms with Crippen LogP contribution in [0.1, 0.15) is 24.9 Å². The van der Waals surface area contributed by atoms with Crippen LogP contribution >= 0.6 is 0 Å². The summed E-state index contributed by atoms with van der Waals surface area (Å²) in [6.07, 6.45) is 4.68. The molecule has 1 aliphatic heterocycles. The summed E-state index contributed by atoms with van der Waals surface area (Å²) >= 11 is 0. The maximum Gasteiger partial charge on any atom is 0.330 e. The van der Waals surface area contributed by atoms with E-state index in [9.17, 15) is 4.79 Å². The van der Waals surface area contributed by atoms with E-state index >= 15 is 0 Å². The second kappa shape index (κ2) is 5.97. The number of likely N-dealkylation sites (tertiary alicyclic amines) is 1. The van der Waals surface area contributed by atoms with Crippen molar-refractivity contribution in [3.8, 4) is 0 Å². The number of aromatic nitrogens is 1. The third kappa shape index (κ3) is 2.55. The van der Waals surface area contributed by atoms with Gasteiger partial charge >= 0.3 is 5.97 Å². The number of ether oxygens (including phenoxy) is 1. The van der Waals surface area contributed by atoms with E-state index in [-0.39, 0.29) is 17.9 Å². The minimum Gasteiger partial charge on any atom is -0.466 e. The summed E-state index contributed by atoms with van der Waals surface area (Å²) in [6, 6.07) is 8.62. The molecule has 1 saturated heterocycles. The van der Waals surface area contributed by atoms with Crippen molar-refractivity contribution in [2.75, 3.05) is 20.7 Å². The normalized spacial score (nSPS) is 24.8. The molecule has 1 aromatic carbocycles. The number of aromatic amines is 1. The summed E-state index contributed by atoms with van der Waals surface area (Å²) < 4.78 is 4.79. The summed E-state index contributed by atoms with van der Waals surface area (Å²) in [4.78, 5) is 17.3. The Bertz CT molecular complexity index is 717. The first kappa shape index (κ1) is 14.9. The Kier molecular flexibility index (Phi) is 4.03. The molecule has 0 unspecified atom stereocenters. The van der Waals surface area contributed by atoms with Gasteiger partial charge < -0.3 is 9.72 Å². The van der Waals surface area contributed by atoms with E-state index in [1.165, 1.54) is 23.6 Å². The standard InChI is InChI=1S/C18H22N2O2/c1-12-13(10-17(21)22-3)8-9-20(2)18(12)15-11-19-16-7-5-4-6-14(15)16/h4-7,10-12,18-19H,8-9H2,1-3H3/b13-10+/t12-,18-/m0/s1. The lowest BCUT2D eigenvalue weighted by Gasteiger charge is -2.39. The molecule has 2 heterocycles. The Balaban J connectivity index is 2.00. The van der Waals surface area contributed by atoms with Crippen LogP contribution in [0.5, 0.6) is 0 Å². The van der Waals surface area contributed by atoms with Crippen molar-refractivity contribution in [2.24, 2.45) is 5.92 Å². The molecule has 0 amide bonds.